The molecule has 0 aliphatic carbocycles. The molecule has 0 spiro atoms. The van der Waals surface area contributed by atoms with E-state index in [-0.39, 0.29) is 6.61 Å². The van der Waals surface area contributed by atoms with E-state index in [2.05, 4.69) is 16.0 Å². The average Bonchev–Trinajstić information content (AvgIpc) is 2.83. The van der Waals surface area contributed by atoms with Gasteiger partial charge in [-0.05, 0) is 37.8 Å². The summed E-state index contributed by atoms with van der Waals surface area (Å²) in [6.45, 7) is 4.05. The van der Waals surface area contributed by atoms with Crippen LogP contribution in [-0.2, 0) is 6.42 Å². The van der Waals surface area contributed by atoms with Gasteiger partial charge in [-0.1, -0.05) is 6.07 Å². The van der Waals surface area contributed by atoms with Crippen molar-refractivity contribution in [3.8, 4) is 0 Å². The van der Waals surface area contributed by atoms with E-state index in [1.807, 2.05) is 19.2 Å². The first-order chi connectivity index (χ1) is 8.11. The highest BCUT2D eigenvalue weighted by Gasteiger charge is 2.18. The molecule has 0 radical (unpaired) electrons. The number of aliphatic hydroxyl groups excluding tert-OH is 1. The highest BCUT2D eigenvalue weighted by molar-refractivity contribution is 5.40. The van der Waals surface area contributed by atoms with Crippen molar-refractivity contribution in [1.82, 2.24) is 4.98 Å². The summed E-state index contributed by atoms with van der Waals surface area (Å²) >= 11 is 0. The third-order valence-corrected chi connectivity index (χ3v) is 3.21. The number of aliphatic hydroxyl groups is 1. The predicted molar refractivity (Wildman–Crippen MR) is 69.1 cm³/mol. The first-order valence-electron chi connectivity index (χ1n) is 6.20. The molecule has 2 heterocycles. The van der Waals surface area contributed by atoms with Gasteiger partial charge in [0.1, 0.15) is 5.82 Å². The lowest BCUT2D eigenvalue weighted by Crippen LogP contribution is -2.42. The van der Waals surface area contributed by atoms with E-state index in [0.29, 0.717) is 6.42 Å². The SMILES string of the molecule is CC(N)(CO)Cc1ccc(N2CCCC2)nc1. The highest BCUT2D eigenvalue weighted by Crippen LogP contribution is 2.18. The molecular formula is C13H21N3O. The summed E-state index contributed by atoms with van der Waals surface area (Å²) in [6.07, 6.45) is 5.04. The molecule has 1 aliphatic heterocycles. The van der Waals surface area contributed by atoms with E-state index >= 15 is 0 Å². The molecule has 1 fully saturated rings. The molecule has 1 aromatic rings. The second-order valence-corrected chi connectivity index (χ2v) is 5.21. The molecule has 0 aromatic carbocycles. The van der Waals surface area contributed by atoms with Crippen LogP contribution in [0.5, 0.6) is 0 Å². The molecule has 94 valence electrons. The Morgan fingerprint density at radius 1 is 1.41 bits per heavy atom. The second kappa shape index (κ2) is 5.02. The van der Waals surface area contributed by atoms with Crippen LogP contribution in [-0.4, -0.2) is 35.3 Å². The Kier molecular flexibility index (Phi) is 3.64. The quantitative estimate of drug-likeness (QED) is 0.815. The van der Waals surface area contributed by atoms with Gasteiger partial charge in [0.25, 0.3) is 0 Å². The summed E-state index contributed by atoms with van der Waals surface area (Å²) in [6, 6.07) is 4.11. The van der Waals surface area contributed by atoms with Crippen molar-refractivity contribution in [1.29, 1.82) is 0 Å². The molecule has 1 atom stereocenters. The van der Waals surface area contributed by atoms with Gasteiger partial charge in [0, 0.05) is 24.8 Å². The first kappa shape index (κ1) is 12.3. The van der Waals surface area contributed by atoms with Crippen LogP contribution < -0.4 is 10.6 Å². The summed E-state index contributed by atoms with van der Waals surface area (Å²) < 4.78 is 0. The van der Waals surface area contributed by atoms with E-state index in [4.69, 9.17) is 10.8 Å². The van der Waals surface area contributed by atoms with Crippen molar-refractivity contribution >= 4 is 5.82 Å². The standard InChI is InChI=1S/C13H21N3O/c1-13(14,10-17)8-11-4-5-12(15-9-11)16-6-2-3-7-16/h4-5,9,17H,2-3,6-8,10,14H2,1H3. The maximum atomic E-state index is 9.13. The van der Waals surface area contributed by atoms with Crippen molar-refractivity contribution in [3.63, 3.8) is 0 Å². The average molecular weight is 235 g/mol. The first-order valence-corrected chi connectivity index (χ1v) is 6.20. The summed E-state index contributed by atoms with van der Waals surface area (Å²) in [4.78, 5) is 6.77. The Balaban J connectivity index is 2.02. The lowest BCUT2D eigenvalue weighted by Gasteiger charge is -2.22. The molecule has 0 amide bonds. The zero-order chi connectivity index (χ0) is 12.3. The fourth-order valence-corrected chi connectivity index (χ4v) is 2.18. The molecular weight excluding hydrogens is 214 g/mol. The van der Waals surface area contributed by atoms with Crippen LogP contribution in [0.3, 0.4) is 0 Å². The van der Waals surface area contributed by atoms with Crippen molar-refractivity contribution in [3.05, 3.63) is 23.9 Å². The summed E-state index contributed by atoms with van der Waals surface area (Å²) in [5, 5.41) is 9.13. The molecule has 17 heavy (non-hydrogen) atoms. The molecule has 1 aromatic heterocycles. The molecule has 4 nitrogen and oxygen atoms in total. The number of rotatable bonds is 4. The van der Waals surface area contributed by atoms with Crippen molar-refractivity contribution in [2.24, 2.45) is 5.73 Å². The molecule has 3 N–H and O–H groups in total. The Labute approximate surface area is 102 Å². The number of aromatic nitrogens is 1. The van der Waals surface area contributed by atoms with E-state index in [1.165, 1.54) is 12.8 Å². The van der Waals surface area contributed by atoms with Crippen LogP contribution in [0.1, 0.15) is 25.3 Å². The number of nitrogens with two attached hydrogens (primary N) is 1. The van der Waals surface area contributed by atoms with Gasteiger partial charge in [-0.25, -0.2) is 4.98 Å². The molecule has 0 saturated carbocycles. The molecule has 2 rings (SSSR count). The Hall–Kier alpha value is -1.13. The minimum atomic E-state index is -0.559. The number of nitrogens with zero attached hydrogens (tertiary/aromatic N) is 2. The Bertz CT molecular complexity index is 355. The van der Waals surface area contributed by atoms with Crippen molar-refractivity contribution in [2.45, 2.75) is 31.7 Å². The van der Waals surface area contributed by atoms with Crippen molar-refractivity contribution in [2.75, 3.05) is 24.6 Å². The van der Waals surface area contributed by atoms with Crippen LogP contribution in [0.25, 0.3) is 0 Å². The van der Waals surface area contributed by atoms with Crippen LogP contribution in [0.4, 0.5) is 5.82 Å². The topological polar surface area (TPSA) is 62.4 Å². The zero-order valence-corrected chi connectivity index (χ0v) is 10.4. The van der Waals surface area contributed by atoms with Gasteiger partial charge in [-0.3, -0.25) is 0 Å². The van der Waals surface area contributed by atoms with E-state index < -0.39 is 5.54 Å². The summed E-state index contributed by atoms with van der Waals surface area (Å²) in [5.74, 6) is 1.05. The van der Waals surface area contributed by atoms with Gasteiger partial charge in [-0.2, -0.15) is 0 Å². The highest BCUT2D eigenvalue weighted by atomic mass is 16.3. The van der Waals surface area contributed by atoms with E-state index in [9.17, 15) is 0 Å². The fourth-order valence-electron chi connectivity index (χ4n) is 2.18. The minimum absolute atomic E-state index is 0.0130. The zero-order valence-electron chi connectivity index (χ0n) is 10.4. The molecule has 1 aliphatic rings. The van der Waals surface area contributed by atoms with Gasteiger partial charge in [0.15, 0.2) is 0 Å². The lowest BCUT2D eigenvalue weighted by atomic mass is 9.96. The van der Waals surface area contributed by atoms with E-state index in [1.54, 1.807) is 0 Å². The van der Waals surface area contributed by atoms with Crippen LogP contribution in [0.2, 0.25) is 0 Å². The Morgan fingerprint density at radius 3 is 2.65 bits per heavy atom. The van der Waals surface area contributed by atoms with Crippen LogP contribution in [0.15, 0.2) is 18.3 Å². The Morgan fingerprint density at radius 2 is 2.12 bits per heavy atom. The number of hydrogen-bond acceptors (Lipinski definition) is 4. The third-order valence-electron chi connectivity index (χ3n) is 3.21. The van der Waals surface area contributed by atoms with Crippen LogP contribution in [0, 0.1) is 0 Å². The van der Waals surface area contributed by atoms with Gasteiger partial charge in [-0.15, -0.1) is 0 Å². The second-order valence-electron chi connectivity index (χ2n) is 5.21. The minimum Gasteiger partial charge on any atom is -0.394 e. The molecule has 4 heteroatoms. The molecule has 1 saturated heterocycles. The van der Waals surface area contributed by atoms with Gasteiger partial charge < -0.3 is 15.7 Å². The largest absolute Gasteiger partial charge is 0.394 e. The molecule has 0 bridgehead atoms. The van der Waals surface area contributed by atoms with Gasteiger partial charge >= 0.3 is 0 Å². The molecule has 1 unspecified atom stereocenters. The van der Waals surface area contributed by atoms with Crippen LogP contribution >= 0.6 is 0 Å². The lowest BCUT2D eigenvalue weighted by molar-refractivity contribution is 0.208. The maximum Gasteiger partial charge on any atom is 0.128 e. The number of pyridine rings is 1. The fraction of sp³-hybridized carbons (Fsp3) is 0.615. The summed E-state index contributed by atoms with van der Waals surface area (Å²) in [7, 11) is 0. The monoisotopic (exact) mass is 235 g/mol. The number of anilines is 1. The van der Waals surface area contributed by atoms with Crippen molar-refractivity contribution < 1.29 is 5.11 Å². The van der Waals surface area contributed by atoms with Gasteiger partial charge in [0.2, 0.25) is 0 Å². The smallest absolute Gasteiger partial charge is 0.128 e. The van der Waals surface area contributed by atoms with Gasteiger partial charge in [0.05, 0.1) is 6.61 Å². The summed E-state index contributed by atoms with van der Waals surface area (Å²) in [5.41, 5.74) is 6.44. The normalized spacial score (nSPS) is 19.4. The maximum absolute atomic E-state index is 9.13. The third kappa shape index (κ3) is 3.17. The number of hydrogen-bond donors (Lipinski definition) is 2. The van der Waals surface area contributed by atoms with E-state index in [0.717, 1.165) is 24.5 Å². The predicted octanol–water partition coefficient (Wildman–Crippen LogP) is 0.934.